The van der Waals surface area contributed by atoms with E-state index in [0.29, 0.717) is 44.4 Å². The maximum atomic E-state index is 13.8. The molecule has 3 fully saturated rings. The van der Waals surface area contributed by atoms with E-state index in [0.717, 1.165) is 86.9 Å². The zero-order chi connectivity index (χ0) is 43.4. The molecule has 0 aromatic heterocycles. The van der Waals surface area contributed by atoms with Crippen molar-refractivity contribution in [3.8, 4) is 0 Å². The first kappa shape index (κ1) is 50.6. The molecule has 0 aliphatic heterocycles. The molecule has 0 bridgehead atoms. The quantitative estimate of drug-likeness (QED) is 0.0513. The molecule has 0 heterocycles. The van der Waals surface area contributed by atoms with Gasteiger partial charge in [-0.1, -0.05) is 137 Å². The molecule has 0 spiro atoms. The van der Waals surface area contributed by atoms with Gasteiger partial charge in [0.15, 0.2) is 0 Å². The SMILES string of the molecule is CCCCCCCCCCCCCC(=O)NCCCCN(CC(=O)NCCCCN)C(=O)O[C@H]1CC[C@@]2(C)C(=CC[C@H]3[C@@H]4CC[C@H]([C@H](C)CCCC(C)C)[C@@]4(C)CC[C@@H]32)C1. The lowest BCUT2D eigenvalue weighted by Gasteiger charge is -2.58. The number of hydrogen-bond acceptors (Lipinski definition) is 5. The zero-order valence-electron chi connectivity index (χ0n) is 39.9. The van der Waals surface area contributed by atoms with E-state index in [1.807, 2.05) is 0 Å². The van der Waals surface area contributed by atoms with E-state index in [-0.39, 0.29) is 36.0 Å². The van der Waals surface area contributed by atoms with E-state index in [1.165, 1.54) is 115 Å². The maximum Gasteiger partial charge on any atom is 0.410 e. The van der Waals surface area contributed by atoms with E-state index >= 15 is 0 Å². The van der Waals surface area contributed by atoms with Gasteiger partial charge in [-0.25, -0.2) is 4.79 Å². The second kappa shape index (κ2) is 26.5. The molecule has 4 N–H and O–H groups in total. The molecule has 4 aliphatic rings. The molecular formula is C52H94N4O4. The molecule has 346 valence electrons. The van der Waals surface area contributed by atoms with Crippen molar-refractivity contribution in [2.75, 3.05) is 32.7 Å². The first-order valence-corrected chi connectivity index (χ1v) is 25.8. The summed E-state index contributed by atoms with van der Waals surface area (Å²) < 4.78 is 6.28. The molecule has 3 amide bonds. The van der Waals surface area contributed by atoms with Crippen LogP contribution in [-0.4, -0.2) is 61.6 Å². The Balaban J connectivity index is 1.22. The van der Waals surface area contributed by atoms with Gasteiger partial charge in [-0.15, -0.1) is 0 Å². The highest BCUT2D eigenvalue weighted by molar-refractivity contribution is 5.82. The number of ether oxygens (including phenoxy) is 1. The third-order valence-corrected chi connectivity index (χ3v) is 16.3. The van der Waals surface area contributed by atoms with Crippen LogP contribution < -0.4 is 16.4 Å². The van der Waals surface area contributed by atoms with Gasteiger partial charge in [0, 0.05) is 32.5 Å². The van der Waals surface area contributed by atoms with Gasteiger partial charge in [-0.2, -0.15) is 0 Å². The molecule has 3 saturated carbocycles. The molecular weight excluding hydrogens is 745 g/mol. The molecule has 4 aliphatic carbocycles. The summed E-state index contributed by atoms with van der Waals surface area (Å²) in [7, 11) is 0. The van der Waals surface area contributed by atoms with Crippen LogP contribution in [0.3, 0.4) is 0 Å². The number of carbonyl (C=O) groups is 3. The summed E-state index contributed by atoms with van der Waals surface area (Å²) in [6.45, 7) is 16.9. The van der Waals surface area contributed by atoms with Gasteiger partial charge in [0.1, 0.15) is 12.6 Å². The topological polar surface area (TPSA) is 114 Å². The lowest BCUT2D eigenvalue weighted by Crippen LogP contribution is -2.51. The number of nitrogens with two attached hydrogens (primary N) is 1. The molecule has 8 heteroatoms. The lowest BCUT2D eigenvalue weighted by atomic mass is 9.47. The Labute approximate surface area is 368 Å². The van der Waals surface area contributed by atoms with Crippen molar-refractivity contribution in [3.05, 3.63) is 11.6 Å². The number of nitrogens with zero attached hydrogens (tertiary/aromatic N) is 1. The van der Waals surface area contributed by atoms with Crippen molar-refractivity contribution in [3.63, 3.8) is 0 Å². The molecule has 0 aromatic rings. The Kier molecular flexibility index (Phi) is 22.3. The summed E-state index contributed by atoms with van der Waals surface area (Å²) in [5.74, 6) is 4.77. The maximum absolute atomic E-state index is 13.8. The van der Waals surface area contributed by atoms with Gasteiger partial charge in [0.25, 0.3) is 0 Å². The van der Waals surface area contributed by atoms with Gasteiger partial charge in [-0.05, 0) is 130 Å². The summed E-state index contributed by atoms with van der Waals surface area (Å²) >= 11 is 0. The fourth-order valence-electron chi connectivity index (χ4n) is 12.6. The minimum atomic E-state index is -0.386. The predicted molar refractivity (Wildman–Crippen MR) is 250 cm³/mol. The van der Waals surface area contributed by atoms with Crippen LogP contribution in [0.25, 0.3) is 0 Å². The standard InChI is InChI=1S/C52H94N4O4/c1-7-8-9-10-11-12-13-14-15-16-17-25-48(57)54-36-20-21-37-56(39-49(58)55-35-19-18-34-53)50(59)60-43-30-32-51(5)42(38-43)26-27-44-46-29-28-45(41(4)24-22-23-40(2)3)52(46,6)33-31-47(44)51/h26,40-41,43-47H,7-25,27-39,53H2,1-6H3,(H,54,57)(H,55,58)/t41-,43+,44+,45-,46+,47+,51+,52-/m1/s1. The minimum absolute atomic E-state index is 0.0128. The van der Waals surface area contributed by atoms with Gasteiger partial charge in [0.2, 0.25) is 11.8 Å². The molecule has 0 aromatic carbocycles. The van der Waals surface area contributed by atoms with Gasteiger partial charge in [-0.3, -0.25) is 14.5 Å². The highest BCUT2D eigenvalue weighted by Crippen LogP contribution is 2.67. The second-order valence-electron chi connectivity index (χ2n) is 21.1. The average molecular weight is 839 g/mol. The van der Waals surface area contributed by atoms with E-state index in [2.05, 4.69) is 58.3 Å². The summed E-state index contributed by atoms with van der Waals surface area (Å²) in [5.41, 5.74) is 7.83. The normalized spacial score (nSPS) is 27.7. The summed E-state index contributed by atoms with van der Waals surface area (Å²) in [6.07, 6.45) is 33.3. The minimum Gasteiger partial charge on any atom is -0.446 e. The van der Waals surface area contributed by atoms with Crippen molar-refractivity contribution in [2.24, 2.45) is 52.1 Å². The van der Waals surface area contributed by atoms with Crippen LogP contribution >= 0.6 is 0 Å². The van der Waals surface area contributed by atoms with Crippen LogP contribution in [0.15, 0.2) is 11.6 Å². The van der Waals surface area contributed by atoms with Crippen molar-refractivity contribution in [2.45, 2.75) is 221 Å². The fourth-order valence-corrected chi connectivity index (χ4v) is 12.6. The van der Waals surface area contributed by atoms with Crippen LogP contribution in [0.5, 0.6) is 0 Å². The van der Waals surface area contributed by atoms with Crippen molar-refractivity contribution in [1.82, 2.24) is 15.5 Å². The van der Waals surface area contributed by atoms with Gasteiger partial charge < -0.3 is 21.1 Å². The van der Waals surface area contributed by atoms with Crippen LogP contribution in [-0.2, 0) is 14.3 Å². The van der Waals surface area contributed by atoms with Crippen molar-refractivity contribution >= 4 is 17.9 Å². The number of hydrogen-bond donors (Lipinski definition) is 3. The Morgan fingerprint density at radius 1 is 0.767 bits per heavy atom. The molecule has 4 rings (SSSR count). The largest absolute Gasteiger partial charge is 0.446 e. The molecule has 60 heavy (non-hydrogen) atoms. The number of nitrogens with one attached hydrogen (secondary N) is 2. The number of unbranched alkanes of at least 4 members (excludes halogenated alkanes) is 12. The highest BCUT2D eigenvalue weighted by atomic mass is 16.6. The smallest absolute Gasteiger partial charge is 0.410 e. The van der Waals surface area contributed by atoms with E-state index in [1.54, 1.807) is 4.90 Å². The molecule has 8 nitrogen and oxygen atoms in total. The monoisotopic (exact) mass is 839 g/mol. The summed E-state index contributed by atoms with van der Waals surface area (Å²) in [5, 5.41) is 6.05. The van der Waals surface area contributed by atoms with Crippen LogP contribution in [0.2, 0.25) is 0 Å². The fraction of sp³-hybridized carbons (Fsp3) is 0.904. The molecule has 8 atom stereocenters. The molecule has 0 unspecified atom stereocenters. The Bertz CT molecular complexity index is 1300. The third kappa shape index (κ3) is 15.3. The number of amides is 3. The van der Waals surface area contributed by atoms with Gasteiger partial charge in [0.05, 0.1) is 0 Å². The van der Waals surface area contributed by atoms with Crippen molar-refractivity contribution in [1.29, 1.82) is 0 Å². The predicted octanol–water partition coefficient (Wildman–Crippen LogP) is 12.3. The average Bonchev–Trinajstić information content (AvgIpc) is 3.58. The van der Waals surface area contributed by atoms with Crippen LogP contribution in [0, 0.1) is 46.3 Å². The van der Waals surface area contributed by atoms with Gasteiger partial charge >= 0.3 is 6.09 Å². The Hall–Kier alpha value is -2.09. The van der Waals surface area contributed by atoms with Crippen LogP contribution in [0.1, 0.15) is 215 Å². The number of carbonyl (C=O) groups excluding carboxylic acids is 3. The second-order valence-corrected chi connectivity index (χ2v) is 21.1. The van der Waals surface area contributed by atoms with E-state index < -0.39 is 0 Å². The Morgan fingerprint density at radius 2 is 1.43 bits per heavy atom. The summed E-state index contributed by atoms with van der Waals surface area (Å²) in [4.78, 5) is 40.9. The number of allylic oxidation sites excluding steroid dienone is 1. The Morgan fingerprint density at radius 3 is 2.12 bits per heavy atom. The number of fused-ring (bicyclic) bond motifs is 5. The third-order valence-electron chi connectivity index (χ3n) is 16.3. The molecule has 0 radical (unpaired) electrons. The van der Waals surface area contributed by atoms with E-state index in [4.69, 9.17) is 10.5 Å². The molecule has 0 saturated heterocycles. The van der Waals surface area contributed by atoms with Crippen molar-refractivity contribution < 1.29 is 19.1 Å². The lowest BCUT2D eigenvalue weighted by molar-refractivity contribution is -0.122. The zero-order valence-corrected chi connectivity index (χ0v) is 39.9. The van der Waals surface area contributed by atoms with Crippen LogP contribution in [0.4, 0.5) is 4.79 Å². The summed E-state index contributed by atoms with van der Waals surface area (Å²) in [6, 6.07) is 0. The van der Waals surface area contributed by atoms with E-state index in [9.17, 15) is 14.4 Å². The number of rotatable bonds is 29. The highest BCUT2D eigenvalue weighted by Gasteiger charge is 2.59. The first-order valence-electron chi connectivity index (χ1n) is 25.8. The first-order chi connectivity index (χ1) is 28.9.